The highest BCUT2D eigenvalue weighted by atomic mass is 16.1. The molecule has 0 radical (unpaired) electrons. The number of nitrogens with zero attached hydrogens (tertiary/aromatic N) is 1. The Labute approximate surface area is 116 Å². The zero-order chi connectivity index (χ0) is 13.8. The first kappa shape index (κ1) is 14.2. The van der Waals surface area contributed by atoms with Crippen LogP contribution in [0.3, 0.4) is 0 Å². The van der Waals surface area contributed by atoms with Crippen LogP contribution in [0.15, 0.2) is 23.1 Å². The topological polar surface area (TPSA) is 34.0 Å². The minimum absolute atomic E-state index is 0.0807. The highest BCUT2D eigenvalue weighted by Crippen LogP contribution is 2.32. The van der Waals surface area contributed by atoms with Crippen molar-refractivity contribution in [2.45, 2.75) is 59.0 Å². The van der Waals surface area contributed by atoms with Crippen molar-refractivity contribution in [2.75, 3.05) is 5.32 Å². The molecule has 0 spiro atoms. The van der Waals surface area contributed by atoms with Crippen LogP contribution < -0.4 is 10.9 Å². The molecule has 1 aromatic heterocycles. The van der Waals surface area contributed by atoms with Gasteiger partial charge in [-0.2, -0.15) is 0 Å². The summed E-state index contributed by atoms with van der Waals surface area (Å²) < 4.78 is 1.76. The van der Waals surface area contributed by atoms with Gasteiger partial charge >= 0.3 is 0 Å². The smallest absolute Gasteiger partial charge is 0.250 e. The van der Waals surface area contributed by atoms with E-state index < -0.39 is 0 Å². The maximum Gasteiger partial charge on any atom is 0.250 e. The van der Waals surface area contributed by atoms with Gasteiger partial charge in [0, 0.05) is 24.8 Å². The minimum atomic E-state index is 0.0807. The second-order valence-electron chi connectivity index (χ2n) is 5.99. The van der Waals surface area contributed by atoms with Gasteiger partial charge < -0.3 is 9.88 Å². The Balaban J connectivity index is 2.12. The van der Waals surface area contributed by atoms with E-state index >= 15 is 0 Å². The first-order valence-electron chi connectivity index (χ1n) is 7.59. The van der Waals surface area contributed by atoms with Crippen molar-refractivity contribution in [3.8, 4) is 0 Å². The molecular weight excluding hydrogens is 236 g/mol. The lowest BCUT2D eigenvalue weighted by Gasteiger charge is -2.35. The first-order chi connectivity index (χ1) is 9.11. The highest BCUT2D eigenvalue weighted by Gasteiger charge is 2.27. The van der Waals surface area contributed by atoms with Crippen LogP contribution in [0.4, 0.5) is 5.69 Å². The Hall–Kier alpha value is -1.25. The fraction of sp³-hybridized carbons (Fsp3) is 0.688. The van der Waals surface area contributed by atoms with E-state index in [1.807, 2.05) is 19.2 Å². The lowest BCUT2D eigenvalue weighted by atomic mass is 9.78. The van der Waals surface area contributed by atoms with Gasteiger partial charge in [-0.25, -0.2) is 0 Å². The van der Waals surface area contributed by atoms with E-state index in [0.29, 0.717) is 6.04 Å². The first-order valence-corrected chi connectivity index (χ1v) is 7.59. The molecule has 3 nitrogen and oxygen atoms in total. The van der Waals surface area contributed by atoms with Gasteiger partial charge in [-0.05, 0) is 37.7 Å². The van der Waals surface area contributed by atoms with Crippen molar-refractivity contribution in [1.29, 1.82) is 0 Å². The van der Waals surface area contributed by atoms with Gasteiger partial charge in [0.1, 0.15) is 0 Å². The summed E-state index contributed by atoms with van der Waals surface area (Å²) in [5, 5.41) is 3.65. The number of pyridine rings is 1. The lowest BCUT2D eigenvalue weighted by molar-refractivity contribution is 0.253. The van der Waals surface area contributed by atoms with Crippen molar-refractivity contribution in [3.63, 3.8) is 0 Å². The molecule has 1 aliphatic rings. The van der Waals surface area contributed by atoms with Gasteiger partial charge in [-0.3, -0.25) is 4.79 Å². The number of hydrogen-bond acceptors (Lipinski definition) is 2. The summed E-state index contributed by atoms with van der Waals surface area (Å²) in [6.07, 6.45) is 7.19. The number of anilines is 1. The Kier molecular flexibility index (Phi) is 4.67. The van der Waals surface area contributed by atoms with Crippen LogP contribution in [-0.4, -0.2) is 10.6 Å². The third-order valence-electron chi connectivity index (χ3n) is 4.35. The van der Waals surface area contributed by atoms with E-state index in [1.165, 1.54) is 25.7 Å². The molecule has 1 aliphatic carbocycles. The monoisotopic (exact) mass is 262 g/mol. The molecular formula is C16H26N2O. The average molecular weight is 262 g/mol. The summed E-state index contributed by atoms with van der Waals surface area (Å²) >= 11 is 0. The molecule has 0 amide bonds. The predicted molar refractivity (Wildman–Crippen MR) is 80.6 cm³/mol. The molecule has 0 aromatic carbocycles. The number of hydrogen-bond donors (Lipinski definition) is 1. The van der Waals surface area contributed by atoms with Crippen molar-refractivity contribution in [2.24, 2.45) is 11.8 Å². The molecule has 2 atom stereocenters. The molecule has 2 rings (SSSR count). The molecule has 1 aromatic rings. The maximum atomic E-state index is 11.6. The normalized spacial score (nSPS) is 23.6. The lowest BCUT2D eigenvalue weighted by Crippen LogP contribution is -2.35. The molecule has 1 N–H and O–H groups in total. The van der Waals surface area contributed by atoms with Gasteiger partial charge in [0.2, 0.25) is 0 Å². The standard InChI is InChI=1S/C16H26N2O/c1-4-18-11-13(9-10-16(18)19)17-15-8-6-5-7-14(15)12(2)3/h9-12,14-15,17H,4-8H2,1-3H3. The van der Waals surface area contributed by atoms with Gasteiger partial charge in [-0.15, -0.1) is 0 Å². The van der Waals surface area contributed by atoms with Crippen LogP contribution in [0.25, 0.3) is 0 Å². The summed E-state index contributed by atoms with van der Waals surface area (Å²) in [4.78, 5) is 11.6. The molecule has 0 bridgehead atoms. The fourth-order valence-corrected chi connectivity index (χ4v) is 3.21. The fourth-order valence-electron chi connectivity index (χ4n) is 3.21. The second kappa shape index (κ2) is 6.27. The summed E-state index contributed by atoms with van der Waals surface area (Å²) in [6.45, 7) is 7.37. The van der Waals surface area contributed by atoms with Crippen molar-refractivity contribution >= 4 is 5.69 Å². The Morgan fingerprint density at radius 1 is 1.32 bits per heavy atom. The molecule has 19 heavy (non-hydrogen) atoms. The van der Waals surface area contributed by atoms with E-state index in [2.05, 4.69) is 19.2 Å². The largest absolute Gasteiger partial charge is 0.381 e. The molecule has 0 saturated heterocycles. The summed E-state index contributed by atoms with van der Waals surface area (Å²) in [5.74, 6) is 1.46. The SMILES string of the molecule is CCn1cc(NC2CCCCC2C(C)C)ccc1=O. The zero-order valence-electron chi connectivity index (χ0n) is 12.4. The number of aryl methyl sites for hydroxylation is 1. The van der Waals surface area contributed by atoms with Crippen molar-refractivity contribution in [3.05, 3.63) is 28.7 Å². The van der Waals surface area contributed by atoms with Crippen molar-refractivity contribution < 1.29 is 0 Å². The summed E-state index contributed by atoms with van der Waals surface area (Å²) in [7, 11) is 0. The van der Waals surface area contributed by atoms with Crippen LogP contribution in [0.2, 0.25) is 0 Å². The number of rotatable bonds is 4. The predicted octanol–water partition coefficient (Wildman–Crippen LogP) is 3.49. The molecule has 2 unspecified atom stereocenters. The summed E-state index contributed by atoms with van der Waals surface area (Å²) in [6, 6.07) is 4.14. The van der Waals surface area contributed by atoms with E-state index in [-0.39, 0.29) is 5.56 Å². The minimum Gasteiger partial charge on any atom is -0.381 e. The second-order valence-corrected chi connectivity index (χ2v) is 5.99. The van der Waals surface area contributed by atoms with Crippen LogP contribution >= 0.6 is 0 Å². The van der Waals surface area contributed by atoms with Crippen LogP contribution in [0.1, 0.15) is 46.5 Å². The van der Waals surface area contributed by atoms with Crippen molar-refractivity contribution in [1.82, 2.24) is 4.57 Å². The van der Waals surface area contributed by atoms with Crippen LogP contribution in [0, 0.1) is 11.8 Å². The third-order valence-corrected chi connectivity index (χ3v) is 4.35. The maximum absolute atomic E-state index is 11.6. The number of nitrogens with one attached hydrogen (secondary N) is 1. The van der Waals surface area contributed by atoms with Gasteiger partial charge in [0.05, 0.1) is 5.69 Å². The van der Waals surface area contributed by atoms with Gasteiger partial charge in [0.25, 0.3) is 5.56 Å². The number of aromatic nitrogens is 1. The highest BCUT2D eigenvalue weighted by molar-refractivity contribution is 5.41. The average Bonchev–Trinajstić information content (AvgIpc) is 2.41. The Morgan fingerprint density at radius 3 is 2.74 bits per heavy atom. The molecule has 1 heterocycles. The van der Waals surface area contributed by atoms with E-state index in [4.69, 9.17) is 0 Å². The van der Waals surface area contributed by atoms with E-state index in [0.717, 1.165) is 24.1 Å². The van der Waals surface area contributed by atoms with Gasteiger partial charge in [-0.1, -0.05) is 26.7 Å². The van der Waals surface area contributed by atoms with Crippen LogP contribution in [-0.2, 0) is 6.54 Å². The Morgan fingerprint density at radius 2 is 2.05 bits per heavy atom. The molecule has 1 fully saturated rings. The molecule has 106 valence electrons. The molecule has 0 aliphatic heterocycles. The third kappa shape index (κ3) is 3.40. The summed E-state index contributed by atoms with van der Waals surface area (Å²) in [5.41, 5.74) is 1.16. The van der Waals surface area contributed by atoms with Gasteiger partial charge in [0.15, 0.2) is 0 Å². The Bertz CT molecular complexity index is 464. The molecule has 3 heteroatoms. The van der Waals surface area contributed by atoms with E-state index in [1.54, 1.807) is 10.6 Å². The zero-order valence-corrected chi connectivity index (χ0v) is 12.4. The van der Waals surface area contributed by atoms with E-state index in [9.17, 15) is 4.79 Å². The van der Waals surface area contributed by atoms with Crippen LogP contribution in [0.5, 0.6) is 0 Å². The quantitative estimate of drug-likeness (QED) is 0.901. The molecule has 1 saturated carbocycles.